The van der Waals surface area contributed by atoms with Gasteiger partial charge in [0.25, 0.3) is 0 Å². The Morgan fingerprint density at radius 3 is 2.06 bits per heavy atom. The van der Waals surface area contributed by atoms with Gasteiger partial charge in [-0.3, -0.25) is 0 Å². The Morgan fingerprint density at radius 1 is 1.12 bits per heavy atom. The smallest absolute Gasteiger partial charge is 0.194 e. The van der Waals surface area contributed by atoms with Gasteiger partial charge in [-0.25, -0.2) is 13.2 Å². The van der Waals surface area contributed by atoms with Crippen molar-refractivity contribution in [2.45, 2.75) is 18.9 Å². The average molecular weight is 255 g/mol. The summed E-state index contributed by atoms with van der Waals surface area (Å²) in [6.45, 7) is 0.458. The fraction of sp³-hybridized carbons (Fsp3) is 0.400. The summed E-state index contributed by atoms with van der Waals surface area (Å²) < 4.78 is 38.3. The summed E-state index contributed by atoms with van der Waals surface area (Å²) >= 11 is 0. The summed E-state index contributed by atoms with van der Waals surface area (Å²) in [7, 11) is 0. The Hall–Kier alpha value is -0.780. The molecule has 0 heterocycles. The first-order chi connectivity index (χ1) is 7.06. The number of rotatable bonds is 4. The lowest BCUT2D eigenvalue weighted by Gasteiger charge is -2.11. The molecular weight excluding hydrogens is 241 g/mol. The number of hydrogen-bond acceptors (Lipinski definition) is 2. The van der Waals surface area contributed by atoms with Crippen molar-refractivity contribution in [3.05, 3.63) is 35.1 Å². The number of benzene rings is 1. The Bertz CT molecular complexity index is 324. The van der Waals surface area contributed by atoms with Crippen LogP contribution < -0.4 is 11.5 Å². The quantitative estimate of drug-likeness (QED) is 0.810. The molecule has 0 spiro atoms. The second-order valence-electron chi connectivity index (χ2n) is 3.34. The predicted molar refractivity (Wildman–Crippen MR) is 58.8 cm³/mol. The molecule has 16 heavy (non-hydrogen) atoms. The molecule has 0 aliphatic carbocycles. The minimum atomic E-state index is -1.47. The van der Waals surface area contributed by atoms with E-state index in [0.29, 0.717) is 19.4 Å². The molecule has 6 heteroatoms. The van der Waals surface area contributed by atoms with E-state index < -0.39 is 23.5 Å². The van der Waals surface area contributed by atoms with E-state index in [0.717, 1.165) is 12.1 Å². The summed E-state index contributed by atoms with van der Waals surface area (Å²) in [6.07, 6.45) is 1.17. The van der Waals surface area contributed by atoms with Crippen LogP contribution in [0.5, 0.6) is 0 Å². The first-order valence-electron chi connectivity index (χ1n) is 4.66. The number of nitrogens with two attached hydrogens (primary N) is 2. The molecule has 4 N–H and O–H groups in total. The third kappa shape index (κ3) is 3.66. The fourth-order valence-corrected chi connectivity index (χ4v) is 1.29. The fourth-order valence-electron chi connectivity index (χ4n) is 1.29. The Labute approximate surface area is 98.2 Å². The maximum absolute atomic E-state index is 12.8. The van der Waals surface area contributed by atoms with Crippen LogP contribution in [0.15, 0.2) is 12.1 Å². The Morgan fingerprint density at radius 2 is 1.62 bits per heavy atom. The van der Waals surface area contributed by atoms with Crippen LogP contribution in [0.2, 0.25) is 0 Å². The van der Waals surface area contributed by atoms with Crippen molar-refractivity contribution < 1.29 is 13.2 Å². The van der Waals surface area contributed by atoms with Crippen molar-refractivity contribution in [3.63, 3.8) is 0 Å². The largest absolute Gasteiger partial charge is 0.330 e. The van der Waals surface area contributed by atoms with Crippen LogP contribution in [0.3, 0.4) is 0 Å². The van der Waals surface area contributed by atoms with Crippen LogP contribution in [0.1, 0.15) is 24.4 Å². The lowest BCUT2D eigenvalue weighted by molar-refractivity contribution is 0.442. The third-order valence-electron chi connectivity index (χ3n) is 2.15. The highest BCUT2D eigenvalue weighted by Crippen LogP contribution is 2.20. The maximum Gasteiger partial charge on any atom is 0.194 e. The van der Waals surface area contributed by atoms with E-state index in [-0.39, 0.29) is 18.0 Å². The van der Waals surface area contributed by atoms with Crippen LogP contribution in [0.4, 0.5) is 13.2 Å². The van der Waals surface area contributed by atoms with Gasteiger partial charge in [0.2, 0.25) is 0 Å². The van der Waals surface area contributed by atoms with Gasteiger partial charge >= 0.3 is 0 Å². The second-order valence-corrected chi connectivity index (χ2v) is 3.34. The molecule has 1 aromatic carbocycles. The lowest BCUT2D eigenvalue weighted by Crippen LogP contribution is -2.13. The molecule has 2 nitrogen and oxygen atoms in total. The van der Waals surface area contributed by atoms with Crippen LogP contribution in [-0.2, 0) is 0 Å². The maximum atomic E-state index is 12.8. The third-order valence-corrected chi connectivity index (χ3v) is 2.15. The van der Waals surface area contributed by atoms with E-state index in [2.05, 4.69) is 0 Å². The molecule has 0 bridgehead atoms. The summed E-state index contributed by atoms with van der Waals surface area (Å²) in [5.41, 5.74) is 11.2. The normalized spacial score (nSPS) is 12.1. The van der Waals surface area contributed by atoms with Crippen LogP contribution in [0.25, 0.3) is 0 Å². The van der Waals surface area contributed by atoms with Gasteiger partial charge in [0.05, 0.1) is 0 Å². The molecule has 1 rings (SSSR count). The van der Waals surface area contributed by atoms with Crippen molar-refractivity contribution in [3.8, 4) is 0 Å². The topological polar surface area (TPSA) is 52.0 Å². The molecule has 0 fully saturated rings. The molecule has 0 amide bonds. The highest BCUT2D eigenvalue weighted by molar-refractivity contribution is 5.85. The van der Waals surface area contributed by atoms with E-state index in [1.54, 1.807) is 0 Å². The van der Waals surface area contributed by atoms with Crippen LogP contribution in [0, 0.1) is 17.5 Å². The van der Waals surface area contributed by atoms with Crippen molar-refractivity contribution in [1.82, 2.24) is 0 Å². The zero-order valence-corrected chi connectivity index (χ0v) is 9.37. The first kappa shape index (κ1) is 15.2. The molecule has 0 radical (unpaired) electrons. The van der Waals surface area contributed by atoms with E-state index in [1.165, 1.54) is 0 Å². The highest BCUT2D eigenvalue weighted by Gasteiger charge is 2.14. The first-order valence-corrected chi connectivity index (χ1v) is 4.66. The summed E-state index contributed by atoms with van der Waals surface area (Å²) in [6, 6.07) is 1.32. The van der Waals surface area contributed by atoms with Gasteiger partial charge in [-0.1, -0.05) is 0 Å². The SMILES string of the molecule is Cl.NCCC[C@H](N)c1cc(F)c(F)c(F)c1. The van der Waals surface area contributed by atoms with Crippen molar-refractivity contribution in [2.24, 2.45) is 11.5 Å². The van der Waals surface area contributed by atoms with Gasteiger partial charge in [0.15, 0.2) is 17.5 Å². The molecule has 1 aromatic rings. The van der Waals surface area contributed by atoms with E-state index in [4.69, 9.17) is 11.5 Å². The molecule has 0 aliphatic rings. The average Bonchev–Trinajstić information content (AvgIpc) is 2.21. The molecular formula is C10H14ClF3N2. The highest BCUT2D eigenvalue weighted by atomic mass is 35.5. The zero-order chi connectivity index (χ0) is 11.4. The van der Waals surface area contributed by atoms with Gasteiger partial charge in [0.1, 0.15) is 0 Å². The standard InChI is InChI=1S/C10H13F3N2.ClH/c11-7-4-6(5-8(12)10(7)13)9(15)2-1-3-14;/h4-5,9H,1-3,14-15H2;1H/t9-;/m0./s1. The van der Waals surface area contributed by atoms with Gasteiger partial charge in [-0.2, -0.15) is 0 Å². The zero-order valence-electron chi connectivity index (χ0n) is 8.55. The number of hydrogen-bond donors (Lipinski definition) is 2. The molecule has 0 saturated heterocycles. The molecule has 0 aromatic heterocycles. The minimum absolute atomic E-state index is 0. The summed E-state index contributed by atoms with van der Waals surface area (Å²) in [5, 5.41) is 0. The molecule has 0 unspecified atom stereocenters. The van der Waals surface area contributed by atoms with E-state index in [1.807, 2.05) is 0 Å². The van der Waals surface area contributed by atoms with Gasteiger partial charge in [-0.15, -0.1) is 12.4 Å². The van der Waals surface area contributed by atoms with Gasteiger partial charge in [0, 0.05) is 6.04 Å². The second kappa shape index (κ2) is 6.73. The van der Waals surface area contributed by atoms with Gasteiger partial charge in [-0.05, 0) is 37.1 Å². The molecule has 0 saturated carbocycles. The van der Waals surface area contributed by atoms with Crippen molar-refractivity contribution >= 4 is 12.4 Å². The summed E-state index contributed by atoms with van der Waals surface area (Å²) in [4.78, 5) is 0. The van der Waals surface area contributed by atoms with Crippen LogP contribution in [-0.4, -0.2) is 6.54 Å². The molecule has 0 aliphatic heterocycles. The number of halogens is 4. The van der Waals surface area contributed by atoms with Crippen LogP contribution >= 0.6 is 12.4 Å². The summed E-state index contributed by atoms with van der Waals surface area (Å²) in [5.74, 6) is -3.90. The molecule has 1 atom stereocenters. The Kier molecular flexibility index (Phi) is 6.40. The van der Waals surface area contributed by atoms with Crippen molar-refractivity contribution in [2.75, 3.05) is 6.54 Å². The Balaban J connectivity index is 0.00000225. The van der Waals surface area contributed by atoms with E-state index >= 15 is 0 Å². The van der Waals surface area contributed by atoms with Crippen molar-refractivity contribution in [1.29, 1.82) is 0 Å². The van der Waals surface area contributed by atoms with Gasteiger partial charge < -0.3 is 11.5 Å². The predicted octanol–water partition coefficient (Wildman–Crippen LogP) is 2.26. The molecule has 92 valence electrons. The minimum Gasteiger partial charge on any atom is -0.330 e. The van der Waals surface area contributed by atoms with E-state index in [9.17, 15) is 13.2 Å². The monoisotopic (exact) mass is 254 g/mol. The lowest BCUT2D eigenvalue weighted by atomic mass is 10.0.